The molecule has 19 heavy (non-hydrogen) atoms. The Bertz CT molecular complexity index is 595. The molecule has 2 aromatic rings. The van der Waals surface area contributed by atoms with Gasteiger partial charge in [0.15, 0.2) is 0 Å². The van der Waals surface area contributed by atoms with E-state index >= 15 is 0 Å². The van der Waals surface area contributed by atoms with Crippen LogP contribution in [0.2, 0.25) is 25.1 Å². The Morgan fingerprint density at radius 3 is 2.05 bits per heavy atom. The van der Waals surface area contributed by atoms with Gasteiger partial charge >= 0.3 is 0 Å². The van der Waals surface area contributed by atoms with E-state index in [1.165, 1.54) is 6.07 Å². The second kappa shape index (κ2) is 6.43. The Labute approximate surface area is 135 Å². The van der Waals surface area contributed by atoms with Crippen LogP contribution in [-0.4, -0.2) is 0 Å². The standard InChI is InChI=1S/C13H7Cl5O/c14-8-3-1-7(2-4-8)6-19-10-5-9(15)11(16)13(18)12(10)17/h1-5H,6H2. The first-order valence-corrected chi connectivity index (χ1v) is 7.08. The molecule has 1 nitrogen and oxygen atoms in total. The minimum absolute atomic E-state index is 0.182. The van der Waals surface area contributed by atoms with Crippen molar-refractivity contribution in [2.45, 2.75) is 6.61 Å². The molecule has 0 amide bonds. The zero-order valence-corrected chi connectivity index (χ0v) is 13.2. The molecule has 0 aliphatic carbocycles. The molecule has 0 radical (unpaired) electrons. The van der Waals surface area contributed by atoms with Gasteiger partial charge in [0.2, 0.25) is 0 Å². The predicted molar refractivity (Wildman–Crippen MR) is 82.3 cm³/mol. The molecule has 0 aromatic heterocycles. The van der Waals surface area contributed by atoms with Crippen LogP contribution in [-0.2, 0) is 6.61 Å². The Balaban J connectivity index is 2.18. The van der Waals surface area contributed by atoms with E-state index in [0.29, 0.717) is 22.4 Å². The van der Waals surface area contributed by atoms with Crippen LogP contribution in [0.5, 0.6) is 5.75 Å². The zero-order chi connectivity index (χ0) is 14.0. The van der Waals surface area contributed by atoms with Crippen LogP contribution in [0.1, 0.15) is 5.56 Å². The maximum Gasteiger partial charge on any atom is 0.141 e. The van der Waals surface area contributed by atoms with Crippen LogP contribution in [0.15, 0.2) is 30.3 Å². The molecule has 0 saturated heterocycles. The normalized spacial score (nSPS) is 10.6. The van der Waals surface area contributed by atoms with Crippen molar-refractivity contribution in [3.63, 3.8) is 0 Å². The van der Waals surface area contributed by atoms with Crippen molar-refractivity contribution in [2.24, 2.45) is 0 Å². The number of ether oxygens (including phenoxy) is 1. The van der Waals surface area contributed by atoms with Gasteiger partial charge in [-0.25, -0.2) is 0 Å². The molecule has 0 heterocycles. The van der Waals surface area contributed by atoms with Crippen LogP contribution in [0.25, 0.3) is 0 Å². The summed E-state index contributed by atoms with van der Waals surface area (Å²) in [6.07, 6.45) is 0. The monoisotopic (exact) mass is 354 g/mol. The van der Waals surface area contributed by atoms with E-state index in [-0.39, 0.29) is 15.1 Å². The Kier molecular flexibility index (Phi) is 5.10. The predicted octanol–water partition coefficient (Wildman–Crippen LogP) is 6.53. The summed E-state index contributed by atoms with van der Waals surface area (Å²) in [6.45, 7) is 0.325. The van der Waals surface area contributed by atoms with E-state index < -0.39 is 0 Å². The van der Waals surface area contributed by atoms with Crippen molar-refractivity contribution >= 4 is 58.0 Å². The van der Waals surface area contributed by atoms with E-state index in [9.17, 15) is 0 Å². The van der Waals surface area contributed by atoms with Crippen LogP contribution < -0.4 is 4.74 Å². The first-order valence-electron chi connectivity index (χ1n) is 5.19. The summed E-state index contributed by atoms with van der Waals surface area (Å²) in [6, 6.07) is 8.81. The van der Waals surface area contributed by atoms with Gasteiger partial charge < -0.3 is 4.74 Å². The molecule has 0 N–H and O–H groups in total. The molecule has 0 bridgehead atoms. The van der Waals surface area contributed by atoms with Crippen LogP contribution in [0, 0.1) is 0 Å². The fourth-order valence-electron chi connectivity index (χ4n) is 1.40. The maximum atomic E-state index is 6.04. The summed E-state index contributed by atoms with van der Waals surface area (Å²) in [5.41, 5.74) is 0.947. The molecule has 0 spiro atoms. The quantitative estimate of drug-likeness (QED) is 0.448. The lowest BCUT2D eigenvalue weighted by Crippen LogP contribution is -1.96. The first-order chi connectivity index (χ1) is 8.99. The second-order valence-corrected chi connectivity index (χ2v) is 5.69. The molecule has 0 saturated carbocycles. The fourth-order valence-corrected chi connectivity index (χ4v) is 2.36. The van der Waals surface area contributed by atoms with Gasteiger partial charge in [-0.05, 0) is 17.7 Å². The van der Waals surface area contributed by atoms with Gasteiger partial charge in [-0.3, -0.25) is 0 Å². The van der Waals surface area contributed by atoms with Gasteiger partial charge in [-0.1, -0.05) is 70.1 Å². The maximum absolute atomic E-state index is 6.04. The third-order valence-corrected chi connectivity index (χ3v) is 4.36. The minimum Gasteiger partial charge on any atom is -0.487 e. The van der Waals surface area contributed by atoms with Gasteiger partial charge in [0.25, 0.3) is 0 Å². The average Bonchev–Trinajstić information content (AvgIpc) is 2.41. The molecule has 2 aromatic carbocycles. The Morgan fingerprint density at radius 1 is 0.789 bits per heavy atom. The second-order valence-electron chi connectivity index (χ2n) is 3.71. The number of rotatable bonds is 3. The average molecular weight is 356 g/mol. The van der Waals surface area contributed by atoms with Crippen molar-refractivity contribution in [1.82, 2.24) is 0 Å². The van der Waals surface area contributed by atoms with Gasteiger partial charge in [-0.15, -0.1) is 0 Å². The molecular formula is C13H7Cl5O. The lowest BCUT2D eigenvalue weighted by Gasteiger charge is -2.11. The number of benzene rings is 2. The molecule has 0 aliphatic rings. The zero-order valence-electron chi connectivity index (χ0n) is 9.39. The van der Waals surface area contributed by atoms with E-state index in [2.05, 4.69) is 0 Å². The van der Waals surface area contributed by atoms with Crippen molar-refractivity contribution in [3.8, 4) is 5.75 Å². The van der Waals surface area contributed by atoms with Gasteiger partial charge in [-0.2, -0.15) is 0 Å². The van der Waals surface area contributed by atoms with Crippen molar-refractivity contribution in [2.75, 3.05) is 0 Å². The van der Waals surface area contributed by atoms with E-state index in [1.807, 2.05) is 12.1 Å². The molecule has 0 unspecified atom stereocenters. The summed E-state index contributed by atoms with van der Waals surface area (Å²) >= 11 is 29.6. The smallest absolute Gasteiger partial charge is 0.141 e. The summed E-state index contributed by atoms with van der Waals surface area (Å²) in [7, 11) is 0. The third-order valence-electron chi connectivity index (χ3n) is 2.38. The summed E-state index contributed by atoms with van der Waals surface area (Å²) in [5, 5.41) is 1.60. The van der Waals surface area contributed by atoms with Gasteiger partial charge in [0.05, 0.1) is 15.1 Å². The lowest BCUT2D eigenvalue weighted by atomic mass is 10.2. The molecule has 100 valence electrons. The molecule has 2 rings (SSSR count). The highest BCUT2D eigenvalue weighted by atomic mass is 35.5. The number of hydrogen-bond donors (Lipinski definition) is 0. The van der Waals surface area contributed by atoms with E-state index in [1.54, 1.807) is 12.1 Å². The van der Waals surface area contributed by atoms with Gasteiger partial charge in [0, 0.05) is 11.1 Å². The van der Waals surface area contributed by atoms with Crippen LogP contribution in [0.3, 0.4) is 0 Å². The molecule has 6 heteroatoms. The SMILES string of the molecule is Clc1ccc(COc2cc(Cl)c(Cl)c(Cl)c2Cl)cc1. The van der Waals surface area contributed by atoms with Crippen molar-refractivity contribution in [1.29, 1.82) is 0 Å². The highest BCUT2D eigenvalue weighted by molar-refractivity contribution is 6.52. The fraction of sp³-hybridized carbons (Fsp3) is 0.0769. The molecule has 0 atom stereocenters. The van der Waals surface area contributed by atoms with Crippen LogP contribution >= 0.6 is 58.0 Å². The highest BCUT2D eigenvalue weighted by Gasteiger charge is 2.14. The largest absolute Gasteiger partial charge is 0.487 e. The highest BCUT2D eigenvalue weighted by Crippen LogP contribution is 2.42. The Morgan fingerprint density at radius 2 is 1.42 bits per heavy atom. The molecule has 0 aliphatic heterocycles. The minimum atomic E-state index is 0.182. The first kappa shape index (κ1) is 15.1. The number of hydrogen-bond acceptors (Lipinski definition) is 1. The molecular weight excluding hydrogens is 349 g/mol. The Hall–Kier alpha value is -0.310. The van der Waals surface area contributed by atoms with E-state index in [4.69, 9.17) is 62.7 Å². The summed E-state index contributed by atoms with van der Waals surface area (Å²) < 4.78 is 5.58. The van der Waals surface area contributed by atoms with Crippen LogP contribution in [0.4, 0.5) is 0 Å². The summed E-state index contributed by atoms with van der Waals surface area (Å²) in [4.78, 5) is 0. The van der Waals surface area contributed by atoms with Crippen molar-refractivity contribution in [3.05, 3.63) is 61.0 Å². The third kappa shape index (κ3) is 3.62. The topological polar surface area (TPSA) is 9.23 Å². The van der Waals surface area contributed by atoms with Crippen molar-refractivity contribution < 1.29 is 4.74 Å². The number of halogens is 5. The molecule has 0 fully saturated rings. The van der Waals surface area contributed by atoms with Gasteiger partial charge in [0.1, 0.15) is 17.4 Å². The summed E-state index contributed by atoms with van der Waals surface area (Å²) in [5.74, 6) is 0.385. The van der Waals surface area contributed by atoms with E-state index in [0.717, 1.165) is 5.56 Å². The lowest BCUT2D eigenvalue weighted by molar-refractivity contribution is 0.306.